The summed E-state index contributed by atoms with van der Waals surface area (Å²) in [6, 6.07) is 0. The monoisotopic (exact) mass is 196 g/mol. The highest BCUT2D eigenvalue weighted by atomic mass is 35.7. The summed E-state index contributed by atoms with van der Waals surface area (Å²) in [6.45, 7) is -2.68. The molecule has 64 valence electrons. The summed E-state index contributed by atoms with van der Waals surface area (Å²) in [5.74, 6) is 0.427. The second-order valence-corrected chi connectivity index (χ2v) is 5.63. The Balaban J connectivity index is 2.08. The van der Waals surface area contributed by atoms with E-state index >= 15 is 0 Å². The van der Waals surface area contributed by atoms with Gasteiger partial charge >= 0.3 is 6.95 Å². The standard InChI is InChI=1S/C6H10ClO3P/c7-11(8)9-4-5-2-1-3-6(5)10-11/h5-6H,1-4H2/t5-,6-,11-/m1/s1. The molecule has 0 unspecified atom stereocenters. The van der Waals surface area contributed by atoms with Crippen LogP contribution in [0.1, 0.15) is 19.3 Å². The van der Waals surface area contributed by atoms with E-state index in [-0.39, 0.29) is 6.10 Å². The van der Waals surface area contributed by atoms with Crippen molar-refractivity contribution in [1.29, 1.82) is 0 Å². The van der Waals surface area contributed by atoms with E-state index in [1.165, 1.54) is 0 Å². The van der Waals surface area contributed by atoms with Crippen LogP contribution in [0.25, 0.3) is 0 Å². The lowest BCUT2D eigenvalue weighted by Gasteiger charge is -2.28. The van der Waals surface area contributed by atoms with Crippen LogP contribution in [0.2, 0.25) is 0 Å². The number of hydrogen-bond acceptors (Lipinski definition) is 3. The topological polar surface area (TPSA) is 35.5 Å². The maximum atomic E-state index is 11.1. The second-order valence-electron chi connectivity index (χ2n) is 3.06. The Morgan fingerprint density at radius 2 is 2.27 bits per heavy atom. The summed E-state index contributed by atoms with van der Waals surface area (Å²) in [5, 5.41) is 0. The molecule has 3 nitrogen and oxygen atoms in total. The van der Waals surface area contributed by atoms with Gasteiger partial charge in [-0.25, -0.2) is 4.57 Å². The largest absolute Gasteiger partial charge is 0.424 e. The molecule has 3 atom stereocenters. The Morgan fingerprint density at radius 3 is 3.09 bits per heavy atom. The molecule has 2 aliphatic rings. The van der Waals surface area contributed by atoms with Gasteiger partial charge < -0.3 is 0 Å². The Morgan fingerprint density at radius 1 is 1.45 bits per heavy atom. The van der Waals surface area contributed by atoms with E-state index in [0.717, 1.165) is 19.3 Å². The number of fused-ring (bicyclic) bond motifs is 1. The van der Waals surface area contributed by atoms with Crippen molar-refractivity contribution < 1.29 is 13.6 Å². The van der Waals surface area contributed by atoms with E-state index in [2.05, 4.69) is 0 Å². The summed E-state index contributed by atoms with van der Waals surface area (Å²) < 4.78 is 21.1. The third kappa shape index (κ3) is 1.62. The van der Waals surface area contributed by atoms with Crippen molar-refractivity contribution in [3.05, 3.63) is 0 Å². The van der Waals surface area contributed by atoms with E-state index in [1.54, 1.807) is 0 Å². The van der Waals surface area contributed by atoms with Crippen molar-refractivity contribution in [3.63, 3.8) is 0 Å². The molecule has 1 saturated heterocycles. The number of rotatable bonds is 0. The number of halogens is 1. The Bertz CT molecular complexity index is 208. The van der Waals surface area contributed by atoms with Crippen molar-refractivity contribution in [2.45, 2.75) is 25.4 Å². The fourth-order valence-corrected chi connectivity index (χ4v) is 3.22. The summed E-state index contributed by atoms with van der Waals surface area (Å²) in [4.78, 5) is 0. The first-order chi connectivity index (χ1) is 5.17. The minimum absolute atomic E-state index is 0.0899. The summed E-state index contributed by atoms with van der Waals surface area (Å²) >= 11 is 5.45. The van der Waals surface area contributed by atoms with Gasteiger partial charge in [0.25, 0.3) is 0 Å². The van der Waals surface area contributed by atoms with Crippen molar-refractivity contribution in [3.8, 4) is 0 Å². The summed E-state index contributed by atoms with van der Waals surface area (Å²) in [6.07, 6.45) is 3.31. The fourth-order valence-electron chi connectivity index (χ4n) is 1.71. The van der Waals surface area contributed by atoms with Gasteiger partial charge in [-0.15, -0.1) is 0 Å². The number of hydrogen-bond donors (Lipinski definition) is 0. The first kappa shape index (κ1) is 8.06. The van der Waals surface area contributed by atoms with Crippen molar-refractivity contribution in [2.24, 2.45) is 5.92 Å². The Hall–Kier alpha value is 0.440. The molecule has 1 aliphatic heterocycles. The van der Waals surface area contributed by atoms with Crippen LogP contribution >= 0.6 is 18.2 Å². The van der Waals surface area contributed by atoms with Crippen molar-refractivity contribution in [2.75, 3.05) is 6.61 Å². The normalized spacial score (nSPS) is 50.6. The second kappa shape index (κ2) is 2.74. The Labute approximate surface area is 70.3 Å². The maximum absolute atomic E-state index is 11.1. The van der Waals surface area contributed by atoms with E-state index in [9.17, 15) is 4.57 Å². The molecule has 1 aliphatic carbocycles. The quantitative estimate of drug-likeness (QED) is 0.559. The molecule has 0 bridgehead atoms. The average molecular weight is 197 g/mol. The first-order valence-corrected chi connectivity index (χ1v) is 6.25. The average Bonchev–Trinajstić information content (AvgIpc) is 2.31. The highest BCUT2D eigenvalue weighted by molar-refractivity contribution is 7.81. The summed E-state index contributed by atoms with van der Waals surface area (Å²) in [7, 11) is 0. The van der Waals surface area contributed by atoms with Crippen LogP contribution < -0.4 is 0 Å². The molecular formula is C6H10ClO3P. The van der Waals surface area contributed by atoms with Crippen LogP contribution in [-0.2, 0) is 13.6 Å². The van der Waals surface area contributed by atoms with E-state index in [1.807, 2.05) is 0 Å². The van der Waals surface area contributed by atoms with Crippen LogP contribution in [0.5, 0.6) is 0 Å². The molecule has 0 aromatic rings. The minimum Gasteiger partial charge on any atom is -0.297 e. The molecule has 0 aromatic carbocycles. The van der Waals surface area contributed by atoms with Gasteiger partial charge in [0.05, 0.1) is 12.7 Å². The van der Waals surface area contributed by atoms with Crippen LogP contribution in [-0.4, -0.2) is 12.7 Å². The molecule has 0 amide bonds. The molecule has 2 rings (SSSR count). The molecule has 0 radical (unpaired) electrons. The SMILES string of the molecule is O=[P@]1(Cl)OC[C@H]2CCC[C@H]2O1. The third-order valence-electron chi connectivity index (χ3n) is 2.29. The van der Waals surface area contributed by atoms with E-state index in [4.69, 9.17) is 20.3 Å². The minimum atomic E-state index is -3.18. The van der Waals surface area contributed by atoms with Crippen molar-refractivity contribution >= 4 is 18.2 Å². The molecule has 1 saturated carbocycles. The summed E-state index contributed by atoms with van der Waals surface area (Å²) in [5.41, 5.74) is 0. The van der Waals surface area contributed by atoms with Gasteiger partial charge in [0, 0.05) is 17.2 Å². The zero-order chi connectivity index (χ0) is 7.90. The highest BCUT2D eigenvalue weighted by Gasteiger charge is 2.40. The van der Waals surface area contributed by atoms with E-state index in [0.29, 0.717) is 12.5 Å². The predicted molar refractivity (Wildman–Crippen MR) is 41.6 cm³/mol. The van der Waals surface area contributed by atoms with Crippen LogP contribution in [0.4, 0.5) is 0 Å². The zero-order valence-electron chi connectivity index (χ0n) is 6.03. The molecule has 0 N–H and O–H groups in total. The first-order valence-electron chi connectivity index (χ1n) is 3.80. The molecule has 0 spiro atoms. The van der Waals surface area contributed by atoms with Gasteiger partial charge in [0.15, 0.2) is 0 Å². The lowest BCUT2D eigenvalue weighted by atomic mass is 10.1. The van der Waals surface area contributed by atoms with Gasteiger partial charge in [-0.05, 0) is 12.8 Å². The molecule has 11 heavy (non-hydrogen) atoms. The highest BCUT2D eigenvalue weighted by Crippen LogP contribution is 2.60. The van der Waals surface area contributed by atoms with Gasteiger partial charge in [-0.3, -0.25) is 9.05 Å². The van der Waals surface area contributed by atoms with Crippen molar-refractivity contribution in [1.82, 2.24) is 0 Å². The third-order valence-corrected chi connectivity index (χ3v) is 3.81. The molecule has 5 heteroatoms. The van der Waals surface area contributed by atoms with Gasteiger partial charge in [-0.2, -0.15) is 0 Å². The fraction of sp³-hybridized carbons (Fsp3) is 1.00. The predicted octanol–water partition coefficient (Wildman–Crippen LogP) is 2.55. The molecule has 2 fully saturated rings. The zero-order valence-corrected chi connectivity index (χ0v) is 7.68. The molecular weight excluding hydrogens is 186 g/mol. The van der Waals surface area contributed by atoms with E-state index < -0.39 is 6.95 Å². The smallest absolute Gasteiger partial charge is 0.297 e. The lowest BCUT2D eigenvalue weighted by molar-refractivity contribution is 0.0536. The van der Waals surface area contributed by atoms with Crippen LogP contribution in [0, 0.1) is 5.92 Å². The lowest BCUT2D eigenvalue weighted by Crippen LogP contribution is -2.25. The van der Waals surface area contributed by atoms with Crippen LogP contribution in [0.15, 0.2) is 0 Å². The molecule has 0 aromatic heterocycles. The molecule has 1 heterocycles. The van der Waals surface area contributed by atoms with Gasteiger partial charge in [-0.1, -0.05) is 6.42 Å². The van der Waals surface area contributed by atoms with Crippen LogP contribution in [0.3, 0.4) is 0 Å². The Kier molecular flexibility index (Phi) is 2.00. The van der Waals surface area contributed by atoms with Gasteiger partial charge in [0.2, 0.25) is 0 Å². The maximum Gasteiger partial charge on any atom is 0.424 e. The van der Waals surface area contributed by atoms with Gasteiger partial charge in [0.1, 0.15) is 0 Å².